The molecule has 5 nitrogen and oxygen atoms in total. The third-order valence-electron chi connectivity index (χ3n) is 6.68. The summed E-state index contributed by atoms with van der Waals surface area (Å²) in [7, 11) is 0. The lowest BCUT2D eigenvalue weighted by Crippen LogP contribution is -2.62. The summed E-state index contributed by atoms with van der Waals surface area (Å²) >= 11 is 0. The van der Waals surface area contributed by atoms with E-state index < -0.39 is 0 Å². The zero-order valence-electron chi connectivity index (χ0n) is 14.0. The highest BCUT2D eigenvalue weighted by atomic mass is 16.2. The average molecular weight is 326 g/mol. The molecule has 5 heteroatoms. The minimum atomic E-state index is 0.141. The topological polar surface area (TPSA) is 57.3 Å². The molecule has 1 amide bonds. The van der Waals surface area contributed by atoms with Crippen molar-refractivity contribution in [3.8, 4) is 0 Å². The minimum Gasteiger partial charge on any atom is -0.339 e. The van der Waals surface area contributed by atoms with Gasteiger partial charge in [-0.15, -0.1) is 0 Å². The number of pyridine rings is 1. The van der Waals surface area contributed by atoms with E-state index in [4.69, 9.17) is 0 Å². The summed E-state index contributed by atoms with van der Waals surface area (Å²) in [5.41, 5.74) is 8.07. The summed E-state index contributed by atoms with van der Waals surface area (Å²) in [6.45, 7) is 1.79. The molecule has 1 aromatic heterocycles. The Balaban J connectivity index is 1.42. The monoisotopic (exact) mass is 326 g/mol. The van der Waals surface area contributed by atoms with E-state index in [2.05, 4.69) is 32.9 Å². The SMILES string of the molecule is O=C1C2CNNC2C2CCC(c3ccncc3)CC2N1CC1CC1. The second-order valence-corrected chi connectivity index (χ2v) is 8.11. The first-order valence-electron chi connectivity index (χ1n) is 9.50. The molecule has 5 unspecified atom stereocenters. The number of carbonyl (C=O) groups is 1. The number of likely N-dealkylation sites (tertiary alicyclic amines) is 1. The van der Waals surface area contributed by atoms with Crippen LogP contribution in [0, 0.1) is 17.8 Å². The second kappa shape index (κ2) is 5.81. The van der Waals surface area contributed by atoms with Crippen molar-refractivity contribution in [2.45, 2.75) is 50.1 Å². The molecule has 0 spiro atoms. The summed E-state index contributed by atoms with van der Waals surface area (Å²) in [6.07, 6.45) is 9.95. The van der Waals surface area contributed by atoms with Gasteiger partial charge in [-0.3, -0.25) is 20.6 Å². The quantitative estimate of drug-likeness (QED) is 0.887. The summed E-state index contributed by atoms with van der Waals surface area (Å²) in [4.78, 5) is 19.5. The third-order valence-corrected chi connectivity index (χ3v) is 6.68. The largest absolute Gasteiger partial charge is 0.339 e. The molecule has 2 aliphatic carbocycles. The Labute approximate surface area is 143 Å². The van der Waals surface area contributed by atoms with Crippen LogP contribution < -0.4 is 10.9 Å². The molecule has 0 aromatic carbocycles. The average Bonchev–Trinajstić information content (AvgIpc) is 3.31. The van der Waals surface area contributed by atoms with E-state index in [0.717, 1.165) is 25.4 Å². The van der Waals surface area contributed by atoms with Crippen LogP contribution in [0.2, 0.25) is 0 Å². The van der Waals surface area contributed by atoms with E-state index in [1.165, 1.54) is 31.2 Å². The Hall–Kier alpha value is -1.46. The van der Waals surface area contributed by atoms with Crippen LogP contribution in [0.4, 0.5) is 0 Å². The maximum Gasteiger partial charge on any atom is 0.228 e. The van der Waals surface area contributed by atoms with E-state index in [1.54, 1.807) is 0 Å². The molecule has 2 saturated carbocycles. The fourth-order valence-corrected chi connectivity index (χ4v) is 5.23. The van der Waals surface area contributed by atoms with E-state index in [0.29, 0.717) is 29.8 Å². The number of piperidine rings is 1. The molecule has 2 N–H and O–H groups in total. The van der Waals surface area contributed by atoms with Crippen LogP contribution in [0.1, 0.15) is 43.6 Å². The molecule has 0 bridgehead atoms. The maximum atomic E-state index is 13.1. The summed E-state index contributed by atoms with van der Waals surface area (Å²) < 4.78 is 0. The van der Waals surface area contributed by atoms with Crippen LogP contribution in [0.3, 0.4) is 0 Å². The number of aromatic nitrogens is 1. The Morgan fingerprint density at radius 1 is 1.17 bits per heavy atom. The van der Waals surface area contributed by atoms with Gasteiger partial charge in [0.2, 0.25) is 5.91 Å². The number of amides is 1. The highest BCUT2D eigenvalue weighted by Crippen LogP contribution is 2.45. The van der Waals surface area contributed by atoms with Gasteiger partial charge in [-0.2, -0.15) is 0 Å². The first kappa shape index (κ1) is 14.8. The van der Waals surface area contributed by atoms with Crippen LogP contribution in [0.15, 0.2) is 24.5 Å². The molecular formula is C19H26N4O. The van der Waals surface area contributed by atoms with Crippen LogP contribution in [0.25, 0.3) is 0 Å². The van der Waals surface area contributed by atoms with E-state index in [1.807, 2.05) is 12.4 Å². The van der Waals surface area contributed by atoms with Gasteiger partial charge in [-0.1, -0.05) is 0 Å². The van der Waals surface area contributed by atoms with Crippen molar-refractivity contribution in [3.05, 3.63) is 30.1 Å². The molecule has 24 heavy (non-hydrogen) atoms. The number of rotatable bonds is 3. The summed E-state index contributed by atoms with van der Waals surface area (Å²) in [6, 6.07) is 5.04. The Kier molecular flexibility index (Phi) is 3.60. The van der Waals surface area contributed by atoms with Gasteiger partial charge in [0.15, 0.2) is 0 Å². The maximum absolute atomic E-state index is 13.1. The third kappa shape index (κ3) is 2.45. The first-order valence-corrected chi connectivity index (χ1v) is 9.50. The molecule has 5 rings (SSSR count). The van der Waals surface area contributed by atoms with Crippen molar-refractivity contribution in [1.29, 1.82) is 0 Å². The highest BCUT2D eigenvalue weighted by molar-refractivity contribution is 5.82. The highest BCUT2D eigenvalue weighted by Gasteiger charge is 2.52. The van der Waals surface area contributed by atoms with Crippen molar-refractivity contribution >= 4 is 5.91 Å². The lowest BCUT2D eigenvalue weighted by atomic mass is 9.67. The molecular weight excluding hydrogens is 300 g/mol. The van der Waals surface area contributed by atoms with Crippen molar-refractivity contribution in [1.82, 2.24) is 20.7 Å². The molecule has 4 fully saturated rings. The van der Waals surface area contributed by atoms with Gasteiger partial charge in [-0.05, 0) is 67.6 Å². The molecule has 5 atom stereocenters. The molecule has 0 radical (unpaired) electrons. The second-order valence-electron chi connectivity index (χ2n) is 8.11. The van der Waals surface area contributed by atoms with E-state index in [-0.39, 0.29) is 5.92 Å². The molecule has 3 heterocycles. The number of nitrogens with one attached hydrogen (secondary N) is 2. The lowest BCUT2D eigenvalue weighted by molar-refractivity contribution is -0.147. The molecule has 1 aromatic rings. The fourth-order valence-electron chi connectivity index (χ4n) is 5.23. The fraction of sp³-hybridized carbons (Fsp3) is 0.684. The predicted molar refractivity (Wildman–Crippen MR) is 91.0 cm³/mol. The molecule has 4 aliphatic rings. The van der Waals surface area contributed by atoms with E-state index in [9.17, 15) is 4.79 Å². The van der Waals surface area contributed by atoms with Crippen molar-refractivity contribution in [3.63, 3.8) is 0 Å². The molecule has 2 aliphatic heterocycles. The van der Waals surface area contributed by atoms with Gasteiger partial charge in [0.1, 0.15) is 0 Å². The number of nitrogens with zero attached hydrogens (tertiary/aromatic N) is 2. The van der Waals surface area contributed by atoms with Gasteiger partial charge in [0.25, 0.3) is 0 Å². The van der Waals surface area contributed by atoms with Crippen molar-refractivity contribution in [2.75, 3.05) is 13.1 Å². The van der Waals surface area contributed by atoms with Gasteiger partial charge < -0.3 is 4.90 Å². The first-order chi connectivity index (χ1) is 11.8. The predicted octanol–water partition coefficient (Wildman–Crippen LogP) is 1.68. The lowest BCUT2D eigenvalue weighted by Gasteiger charge is -2.50. The zero-order valence-corrected chi connectivity index (χ0v) is 14.0. The summed E-state index contributed by atoms with van der Waals surface area (Å²) in [5, 5.41) is 0. The van der Waals surface area contributed by atoms with Crippen LogP contribution in [-0.2, 0) is 4.79 Å². The van der Waals surface area contributed by atoms with Crippen LogP contribution >= 0.6 is 0 Å². The number of fused-ring (bicyclic) bond motifs is 3. The van der Waals surface area contributed by atoms with Gasteiger partial charge >= 0.3 is 0 Å². The number of carbonyl (C=O) groups excluding carboxylic acids is 1. The van der Waals surface area contributed by atoms with Crippen molar-refractivity contribution in [2.24, 2.45) is 17.8 Å². The van der Waals surface area contributed by atoms with Crippen molar-refractivity contribution < 1.29 is 4.79 Å². The Morgan fingerprint density at radius 2 is 2.00 bits per heavy atom. The number of hydrazine groups is 1. The Morgan fingerprint density at radius 3 is 2.79 bits per heavy atom. The van der Waals surface area contributed by atoms with Crippen LogP contribution in [0.5, 0.6) is 0 Å². The minimum absolute atomic E-state index is 0.141. The van der Waals surface area contributed by atoms with E-state index >= 15 is 0 Å². The standard InChI is InChI=1S/C19H26N4O/c24-19-16-10-21-22-18(16)15-4-3-14(13-5-7-20-8-6-13)9-17(15)23(19)11-12-1-2-12/h5-8,12,14-18,21-22H,1-4,9-11H2. The van der Waals surface area contributed by atoms with Gasteiger partial charge in [0.05, 0.1) is 5.92 Å². The van der Waals surface area contributed by atoms with Crippen LogP contribution in [-0.4, -0.2) is 41.0 Å². The zero-order chi connectivity index (χ0) is 16.1. The van der Waals surface area contributed by atoms with Gasteiger partial charge in [0, 0.05) is 37.6 Å². The number of hydrogen-bond acceptors (Lipinski definition) is 4. The number of hydrogen-bond donors (Lipinski definition) is 2. The molecule has 2 saturated heterocycles. The molecule has 128 valence electrons. The van der Waals surface area contributed by atoms with Gasteiger partial charge in [-0.25, -0.2) is 0 Å². The summed E-state index contributed by atoms with van der Waals surface area (Å²) in [5.74, 6) is 2.45. The normalized spacial score (nSPS) is 38.8. The smallest absolute Gasteiger partial charge is 0.228 e. The Bertz CT molecular complexity index is 617.